The Hall–Kier alpha value is -2.05. The Morgan fingerprint density at radius 1 is 1.59 bits per heavy atom. The van der Waals surface area contributed by atoms with E-state index in [1.807, 2.05) is 0 Å². The summed E-state index contributed by atoms with van der Waals surface area (Å²) in [6.07, 6.45) is 0.332. The molecular weight excluding hydrogens is 352 g/mol. The van der Waals surface area contributed by atoms with E-state index in [2.05, 4.69) is 26.0 Å². The average molecular weight is 367 g/mol. The highest BCUT2D eigenvalue weighted by atomic mass is 79.9. The quantitative estimate of drug-likeness (QED) is 0.354. The van der Waals surface area contributed by atoms with Gasteiger partial charge in [-0.1, -0.05) is 21.0 Å². The first kappa shape index (κ1) is 16.3. The number of ether oxygens (including phenoxy) is 1. The molecule has 1 aromatic rings. The van der Waals surface area contributed by atoms with Gasteiger partial charge in [0.2, 0.25) is 5.91 Å². The van der Waals surface area contributed by atoms with Gasteiger partial charge in [0, 0.05) is 34.6 Å². The van der Waals surface area contributed by atoms with Crippen molar-refractivity contribution in [3.8, 4) is 0 Å². The molecule has 7 nitrogen and oxygen atoms in total. The normalized spacial score (nSPS) is 17.3. The van der Waals surface area contributed by atoms with Crippen LogP contribution >= 0.6 is 15.9 Å². The van der Waals surface area contributed by atoms with E-state index in [0.717, 1.165) is 0 Å². The molecule has 1 saturated heterocycles. The van der Waals surface area contributed by atoms with E-state index in [4.69, 9.17) is 10.3 Å². The summed E-state index contributed by atoms with van der Waals surface area (Å²) in [5.74, 6) is -0.504. The summed E-state index contributed by atoms with van der Waals surface area (Å²) in [7, 11) is 1.32. The van der Waals surface area contributed by atoms with Gasteiger partial charge in [0.25, 0.3) is 0 Å². The van der Waals surface area contributed by atoms with E-state index in [-0.39, 0.29) is 18.4 Å². The SMILES string of the molecule is COC(=O)c1cc(Br)cc(N2CC(CN=[N+]=[N-])CC2=O)c1C. The highest BCUT2D eigenvalue weighted by Gasteiger charge is 2.32. The lowest BCUT2D eigenvalue weighted by atomic mass is 10.1. The Morgan fingerprint density at radius 3 is 2.95 bits per heavy atom. The van der Waals surface area contributed by atoms with E-state index in [1.165, 1.54) is 7.11 Å². The molecule has 22 heavy (non-hydrogen) atoms. The number of halogens is 1. The highest BCUT2D eigenvalue weighted by molar-refractivity contribution is 9.10. The number of carbonyl (C=O) groups is 2. The van der Waals surface area contributed by atoms with Crippen molar-refractivity contribution >= 4 is 33.5 Å². The van der Waals surface area contributed by atoms with Crippen LogP contribution in [0.15, 0.2) is 21.7 Å². The third-order valence-electron chi connectivity index (χ3n) is 3.65. The molecule has 2 rings (SSSR count). The van der Waals surface area contributed by atoms with Gasteiger partial charge in [-0.05, 0) is 36.1 Å². The fourth-order valence-electron chi connectivity index (χ4n) is 2.56. The molecule has 0 bridgehead atoms. The zero-order valence-electron chi connectivity index (χ0n) is 12.2. The van der Waals surface area contributed by atoms with Crippen LogP contribution in [0.2, 0.25) is 0 Å². The van der Waals surface area contributed by atoms with Gasteiger partial charge in [-0.15, -0.1) is 0 Å². The predicted molar refractivity (Wildman–Crippen MR) is 84.7 cm³/mol. The van der Waals surface area contributed by atoms with Crippen molar-refractivity contribution < 1.29 is 14.3 Å². The number of azide groups is 1. The number of anilines is 1. The Balaban J connectivity index is 2.36. The van der Waals surface area contributed by atoms with E-state index in [1.54, 1.807) is 24.0 Å². The predicted octanol–water partition coefficient (Wildman–Crippen LogP) is 3.21. The molecule has 8 heteroatoms. The summed E-state index contributed by atoms with van der Waals surface area (Å²) < 4.78 is 5.47. The van der Waals surface area contributed by atoms with Gasteiger partial charge in [-0.3, -0.25) is 4.79 Å². The Bertz CT molecular complexity index is 670. The summed E-state index contributed by atoms with van der Waals surface area (Å²) in [4.78, 5) is 28.4. The summed E-state index contributed by atoms with van der Waals surface area (Å²) in [6.45, 7) is 2.54. The number of carbonyl (C=O) groups excluding carboxylic acids is 2. The van der Waals surface area contributed by atoms with Crippen molar-refractivity contribution in [2.24, 2.45) is 11.0 Å². The number of rotatable bonds is 4. The molecule has 0 aliphatic carbocycles. The van der Waals surface area contributed by atoms with Crippen molar-refractivity contribution in [2.45, 2.75) is 13.3 Å². The summed E-state index contributed by atoms with van der Waals surface area (Å²) in [6, 6.07) is 3.47. The smallest absolute Gasteiger partial charge is 0.338 e. The number of hydrogen-bond donors (Lipinski definition) is 0. The number of esters is 1. The zero-order valence-corrected chi connectivity index (χ0v) is 13.8. The lowest BCUT2D eigenvalue weighted by Gasteiger charge is -2.21. The van der Waals surface area contributed by atoms with Gasteiger partial charge in [0.05, 0.1) is 12.7 Å². The third-order valence-corrected chi connectivity index (χ3v) is 4.11. The van der Waals surface area contributed by atoms with Crippen LogP contribution in [-0.2, 0) is 9.53 Å². The fourth-order valence-corrected chi connectivity index (χ4v) is 3.00. The maximum Gasteiger partial charge on any atom is 0.338 e. The second-order valence-corrected chi connectivity index (χ2v) is 5.99. The Labute approximate surface area is 136 Å². The molecule has 1 aliphatic rings. The molecule has 116 valence electrons. The van der Waals surface area contributed by atoms with Gasteiger partial charge in [0.1, 0.15) is 0 Å². The zero-order chi connectivity index (χ0) is 16.3. The molecule has 1 aromatic carbocycles. The molecule has 0 aromatic heterocycles. The molecule has 1 fully saturated rings. The van der Waals surface area contributed by atoms with Gasteiger partial charge in [-0.2, -0.15) is 0 Å². The van der Waals surface area contributed by atoms with Crippen molar-refractivity contribution in [1.82, 2.24) is 0 Å². The van der Waals surface area contributed by atoms with Crippen molar-refractivity contribution in [2.75, 3.05) is 25.1 Å². The number of benzene rings is 1. The standard InChI is InChI=1S/C14H15BrN4O3/c1-8-11(14(21)22-2)4-10(15)5-12(8)19-7-9(3-13(19)20)6-17-18-16/h4-5,9H,3,6-7H2,1-2H3. The highest BCUT2D eigenvalue weighted by Crippen LogP contribution is 2.33. The van der Waals surface area contributed by atoms with Gasteiger partial charge >= 0.3 is 5.97 Å². The molecule has 1 atom stereocenters. The Kier molecular flexibility index (Phi) is 5.05. The lowest BCUT2D eigenvalue weighted by Crippen LogP contribution is -2.26. The molecular formula is C14H15BrN4O3. The van der Waals surface area contributed by atoms with Gasteiger partial charge in [0.15, 0.2) is 0 Å². The summed E-state index contributed by atoms with van der Waals surface area (Å²) >= 11 is 3.36. The van der Waals surface area contributed by atoms with E-state index in [9.17, 15) is 9.59 Å². The fraction of sp³-hybridized carbons (Fsp3) is 0.429. The summed E-state index contributed by atoms with van der Waals surface area (Å²) in [5.41, 5.74) is 10.2. The molecule has 1 heterocycles. The molecule has 1 aliphatic heterocycles. The van der Waals surface area contributed by atoms with Gasteiger partial charge < -0.3 is 9.64 Å². The average Bonchev–Trinajstić information content (AvgIpc) is 2.87. The first-order chi connectivity index (χ1) is 10.5. The number of hydrogen-bond acceptors (Lipinski definition) is 4. The minimum Gasteiger partial charge on any atom is -0.465 e. The molecule has 1 unspecified atom stereocenters. The summed E-state index contributed by atoms with van der Waals surface area (Å²) in [5, 5.41) is 3.53. The maximum atomic E-state index is 12.2. The topological polar surface area (TPSA) is 95.4 Å². The van der Waals surface area contributed by atoms with Crippen LogP contribution in [0.5, 0.6) is 0 Å². The first-order valence-corrected chi connectivity index (χ1v) is 7.47. The molecule has 0 saturated carbocycles. The van der Waals surface area contributed by atoms with Crippen LogP contribution in [0.1, 0.15) is 22.3 Å². The Morgan fingerprint density at radius 2 is 2.32 bits per heavy atom. The molecule has 0 N–H and O–H groups in total. The minimum absolute atomic E-state index is 0.0108. The lowest BCUT2D eigenvalue weighted by molar-refractivity contribution is -0.117. The first-order valence-electron chi connectivity index (χ1n) is 6.67. The third kappa shape index (κ3) is 3.23. The van der Waals surface area contributed by atoms with E-state index >= 15 is 0 Å². The minimum atomic E-state index is -0.447. The van der Waals surface area contributed by atoms with Crippen molar-refractivity contribution in [3.63, 3.8) is 0 Å². The second-order valence-electron chi connectivity index (χ2n) is 5.08. The van der Waals surface area contributed by atoms with E-state index < -0.39 is 5.97 Å². The molecule has 0 spiro atoms. The second kappa shape index (κ2) is 6.81. The van der Waals surface area contributed by atoms with Crippen LogP contribution in [0.4, 0.5) is 5.69 Å². The largest absolute Gasteiger partial charge is 0.465 e. The number of nitrogens with zero attached hydrogens (tertiary/aromatic N) is 4. The van der Waals surface area contributed by atoms with Crippen molar-refractivity contribution in [3.05, 3.63) is 38.2 Å². The molecule has 1 amide bonds. The van der Waals surface area contributed by atoms with E-state index in [0.29, 0.717) is 34.3 Å². The number of methoxy groups -OCH3 is 1. The molecule has 0 radical (unpaired) electrons. The maximum absolute atomic E-state index is 12.2. The van der Waals surface area contributed by atoms with Gasteiger partial charge in [-0.25, -0.2) is 4.79 Å². The van der Waals surface area contributed by atoms with Crippen LogP contribution in [-0.4, -0.2) is 32.1 Å². The number of amides is 1. The van der Waals surface area contributed by atoms with Crippen LogP contribution in [0.3, 0.4) is 0 Å². The van der Waals surface area contributed by atoms with Crippen LogP contribution < -0.4 is 4.90 Å². The van der Waals surface area contributed by atoms with Crippen LogP contribution in [0, 0.1) is 12.8 Å². The monoisotopic (exact) mass is 366 g/mol. The van der Waals surface area contributed by atoms with Crippen molar-refractivity contribution in [1.29, 1.82) is 0 Å². The van der Waals surface area contributed by atoms with Crippen LogP contribution in [0.25, 0.3) is 10.4 Å².